The Labute approximate surface area is 208 Å². The molecule has 0 aromatic heterocycles. The third kappa shape index (κ3) is 6.56. The molecule has 33 heavy (non-hydrogen) atoms. The number of nitrogens with one attached hydrogen (secondary N) is 1. The molecule has 1 fully saturated rings. The quantitative estimate of drug-likeness (QED) is 0.340. The van der Waals surface area contributed by atoms with Crippen molar-refractivity contribution < 1.29 is 14.2 Å². The second-order valence-electron chi connectivity index (χ2n) is 7.74. The van der Waals surface area contributed by atoms with Gasteiger partial charge in [0.05, 0.1) is 19.8 Å². The van der Waals surface area contributed by atoms with Gasteiger partial charge in [-0.2, -0.15) is 0 Å². The van der Waals surface area contributed by atoms with Crippen LogP contribution in [0.4, 0.5) is 11.4 Å². The molecule has 7 heteroatoms. The summed E-state index contributed by atoms with van der Waals surface area (Å²) >= 11 is 9.67. The standard InChI is InChI=1S/C26H28BrClN2O3/c1-2-32-25-15-20(24(27)16-26(25)33-18-19-3-5-21(28)6-4-19)17-29-22-7-9-23(10-8-22)30-11-13-31-14-12-30/h3-10,15-16,29H,2,11-14,17-18H2,1H3. The van der Waals surface area contributed by atoms with Gasteiger partial charge in [-0.25, -0.2) is 0 Å². The van der Waals surface area contributed by atoms with Gasteiger partial charge in [0, 0.05) is 40.5 Å². The molecule has 1 N–H and O–H groups in total. The van der Waals surface area contributed by atoms with Crippen molar-refractivity contribution in [1.82, 2.24) is 0 Å². The molecule has 3 aromatic rings. The van der Waals surface area contributed by atoms with E-state index in [1.165, 1.54) is 5.69 Å². The number of halogens is 2. The second-order valence-corrected chi connectivity index (χ2v) is 9.03. The van der Waals surface area contributed by atoms with Gasteiger partial charge in [-0.15, -0.1) is 0 Å². The van der Waals surface area contributed by atoms with E-state index in [2.05, 4.69) is 50.4 Å². The van der Waals surface area contributed by atoms with Gasteiger partial charge in [0.25, 0.3) is 0 Å². The summed E-state index contributed by atoms with van der Waals surface area (Å²) in [7, 11) is 0. The van der Waals surface area contributed by atoms with E-state index in [1.54, 1.807) is 0 Å². The summed E-state index contributed by atoms with van der Waals surface area (Å²) in [6, 6.07) is 20.2. The van der Waals surface area contributed by atoms with E-state index in [-0.39, 0.29) is 0 Å². The first-order valence-electron chi connectivity index (χ1n) is 11.1. The lowest BCUT2D eigenvalue weighted by Gasteiger charge is -2.29. The smallest absolute Gasteiger partial charge is 0.162 e. The van der Waals surface area contributed by atoms with Crippen LogP contribution < -0.4 is 19.7 Å². The SMILES string of the molecule is CCOc1cc(CNc2ccc(N3CCOCC3)cc2)c(Br)cc1OCc1ccc(Cl)cc1. The van der Waals surface area contributed by atoms with Gasteiger partial charge in [0.1, 0.15) is 6.61 Å². The molecule has 0 bridgehead atoms. The molecule has 0 radical (unpaired) electrons. The van der Waals surface area contributed by atoms with Crippen LogP contribution in [-0.4, -0.2) is 32.9 Å². The van der Waals surface area contributed by atoms with Crippen molar-refractivity contribution in [1.29, 1.82) is 0 Å². The van der Waals surface area contributed by atoms with E-state index in [1.807, 2.05) is 43.3 Å². The Balaban J connectivity index is 1.40. The van der Waals surface area contributed by atoms with Crippen LogP contribution >= 0.6 is 27.5 Å². The van der Waals surface area contributed by atoms with Crippen LogP contribution in [0.3, 0.4) is 0 Å². The first kappa shape index (κ1) is 23.7. The summed E-state index contributed by atoms with van der Waals surface area (Å²) < 4.78 is 18.3. The van der Waals surface area contributed by atoms with E-state index in [4.69, 9.17) is 25.8 Å². The predicted molar refractivity (Wildman–Crippen MR) is 138 cm³/mol. The van der Waals surface area contributed by atoms with E-state index in [9.17, 15) is 0 Å². The molecular formula is C26H28BrClN2O3. The van der Waals surface area contributed by atoms with Crippen molar-refractivity contribution in [3.63, 3.8) is 0 Å². The zero-order valence-corrected chi connectivity index (χ0v) is 21.0. The van der Waals surface area contributed by atoms with Crippen molar-refractivity contribution in [3.8, 4) is 11.5 Å². The fourth-order valence-electron chi connectivity index (χ4n) is 3.64. The zero-order chi connectivity index (χ0) is 23.0. The maximum atomic E-state index is 6.05. The van der Waals surface area contributed by atoms with Crippen molar-refractivity contribution in [3.05, 3.63) is 81.3 Å². The molecule has 0 saturated carbocycles. The molecule has 0 atom stereocenters. The predicted octanol–water partition coefficient (Wildman–Crippen LogP) is 6.53. The Morgan fingerprint density at radius 2 is 1.67 bits per heavy atom. The molecule has 0 aliphatic carbocycles. The largest absolute Gasteiger partial charge is 0.490 e. The normalized spacial score (nSPS) is 13.6. The van der Waals surface area contributed by atoms with Gasteiger partial charge in [-0.3, -0.25) is 0 Å². The minimum Gasteiger partial charge on any atom is -0.490 e. The first-order chi connectivity index (χ1) is 16.1. The minimum absolute atomic E-state index is 0.441. The summed E-state index contributed by atoms with van der Waals surface area (Å²) in [5, 5.41) is 4.21. The van der Waals surface area contributed by atoms with Crippen molar-refractivity contribution >= 4 is 38.9 Å². The van der Waals surface area contributed by atoms with Gasteiger partial charge in [0.2, 0.25) is 0 Å². The Morgan fingerprint density at radius 3 is 2.36 bits per heavy atom. The molecular weight excluding hydrogens is 504 g/mol. The van der Waals surface area contributed by atoms with E-state index in [0.29, 0.717) is 30.5 Å². The van der Waals surface area contributed by atoms with Gasteiger partial charge >= 0.3 is 0 Å². The zero-order valence-electron chi connectivity index (χ0n) is 18.7. The maximum Gasteiger partial charge on any atom is 0.162 e. The average Bonchev–Trinajstić information content (AvgIpc) is 2.85. The summed E-state index contributed by atoms with van der Waals surface area (Å²) in [4.78, 5) is 2.35. The van der Waals surface area contributed by atoms with Crippen LogP contribution in [-0.2, 0) is 17.9 Å². The third-order valence-electron chi connectivity index (χ3n) is 5.45. The molecule has 0 unspecified atom stereocenters. The lowest BCUT2D eigenvalue weighted by Crippen LogP contribution is -2.36. The van der Waals surface area contributed by atoms with Crippen LogP contribution in [0.1, 0.15) is 18.1 Å². The Bertz CT molecular complexity index is 1040. The lowest BCUT2D eigenvalue weighted by atomic mass is 10.2. The average molecular weight is 532 g/mol. The fourth-order valence-corrected chi connectivity index (χ4v) is 4.23. The highest BCUT2D eigenvalue weighted by Crippen LogP contribution is 2.35. The summed E-state index contributed by atoms with van der Waals surface area (Å²) in [6.07, 6.45) is 0. The summed E-state index contributed by atoms with van der Waals surface area (Å²) in [6.45, 7) is 7.09. The van der Waals surface area contributed by atoms with Gasteiger partial charge < -0.3 is 24.4 Å². The topological polar surface area (TPSA) is 43.0 Å². The number of benzene rings is 3. The molecule has 3 aromatic carbocycles. The van der Waals surface area contributed by atoms with E-state index in [0.717, 1.165) is 53.3 Å². The van der Waals surface area contributed by atoms with E-state index < -0.39 is 0 Å². The number of nitrogens with zero attached hydrogens (tertiary/aromatic N) is 1. The maximum absolute atomic E-state index is 6.05. The second kappa shape index (κ2) is 11.6. The number of hydrogen-bond acceptors (Lipinski definition) is 5. The highest BCUT2D eigenvalue weighted by molar-refractivity contribution is 9.10. The molecule has 174 valence electrons. The highest BCUT2D eigenvalue weighted by Gasteiger charge is 2.13. The third-order valence-corrected chi connectivity index (χ3v) is 6.44. The number of hydrogen-bond donors (Lipinski definition) is 1. The number of anilines is 2. The first-order valence-corrected chi connectivity index (χ1v) is 12.3. The van der Waals surface area contributed by atoms with Gasteiger partial charge in [-0.1, -0.05) is 39.7 Å². The number of ether oxygens (including phenoxy) is 3. The summed E-state index contributed by atoms with van der Waals surface area (Å²) in [5.41, 5.74) is 4.43. The van der Waals surface area contributed by atoms with Crippen molar-refractivity contribution in [2.24, 2.45) is 0 Å². The van der Waals surface area contributed by atoms with Crippen LogP contribution in [0.5, 0.6) is 11.5 Å². The molecule has 1 saturated heterocycles. The summed E-state index contributed by atoms with van der Waals surface area (Å²) in [5.74, 6) is 1.44. The van der Waals surface area contributed by atoms with Crippen LogP contribution in [0.15, 0.2) is 65.1 Å². The molecule has 0 amide bonds. The van der Waals surface area contributed by atoms with Gasteiger partial charge in [-0.05, 0) is 66.6 Å². The fraction of sp³-hybridized carbons (Fsp3) is 0.308. The molecule has 1 heterocycles. The Kier molecular flexibility index (Phi) is 8.37. The molecule has 1 aliphatic rings. The van der Waals surface area contributed by atoms with Crippen LogP contribution in [0.2, 0.25) is 5.02 Å². The number of rotatable bonds is 9. The Morgan fingerprint density at radius 1 is 0.970 bits per heavy atom. The lowest BCUT2D eigenvalue weighted by molar-refractivity contribution is 0.122. The van der Waals surface area contributed by atoms with Crippen LogP contribution in [0, 0.1) is 0 Å². The van der Waals surface area contributed by atoms with Crippen molar-refractivity contribution in [2.75, 3.05) is 43.1 Å². The van der Waals surface area contributed by atoms with E-state index >= 15 is 0 Å². The molecule has 0 spiro atoms. The van der Waals surface area contributed by atoms with Crippen LogP contribution in [0.25, 0.3) is 0 Å². The highest BCUT2D eigenvalue weighted by atomic mass is 79.9. The van der Waals surface area contributed by atoms with Gasteiger partial charge in [0.15, 0.2) is 11.5 Å². The minimum atomic E-state index is 0.441. The molecule has 5 nitrogen and oxygen atoms in total. The monoisotopic (exact) mass is 530 g/mol. The molecule has 1 aliphatic heterocycles. The Hall–Kier alpha value is -2.41. The van der Waals surface area contributed by atoms with Crippen molar-refractivity contribution in [2.45, 2.75) is 20.1 Å². The molecule has 4 rings (SSSR count). The number of morpholine rings is 1.